The van der Waals surface area contributed by atoms with Gasteiger partial charge in [-0.1, -0.05) is 18.2 Å². The molecule has 0 radical (unpaired) electrons. The Morgan fingerprint density at radius 2 is 2.00 bits per heavy atom. The second kappa shape index (κ2) is 8.61. The molecule has 2 aromatic carbocycles. The summed E-state index contributed by atoms with van der Waals surface area (Å²) in [7, 11) is 6.01. The van der Waals surface area contributed by atoms with Crippen molar-refractivity contribution in [3.05, 3.63) is 59.7 Å². The third kappa shape index (κ3) is 4.82. The molecule has 6 nitrogen and oxygen atoms in total. The van der Waals surface area contributed by atoms with Crippen LogP contribution >= 0.6 is 0 Å². The Hall–Kier alpha value is -3.28. The fourth-order valence-electron chi connectivity index (χ4n) is 3.47. The van der Waals surface area contributed by atoms with Crippen molar-refractivity contribution >= 4 is 29.1 Å². The average molecular weight is 407 g/mol. The zero-order chi connectivity index (χ0) is 21.9. The van der Waals surface area contributed by atoms with E-state index in [0.29, 0.717) is 5.75 Å². The van der Waals surface area contributed by atoms with Gasteiger partial charge in [-0.15, -0.1) is 0 Å². The van der Waals surface area contributed by atoms with E-state index < -0.39 is 0 Å². The van der Waals surface area contributed by atoms with Gasteiger partial charge in [0, 0.05) is 44.1 Å². The van der Waals surface area contributed by atoms with Gasteiger partial charge >= 0.3 is 0 Å². The molecule has 3 rings (SSSR count). The van der Waals surface area contributed by atoms with Crippen LogP contribution in [0.4, 0.5) is 11.4 Å². The number of hydrazone groups is 1. The van der Waals surface area contributed by atoms with Crippen molar-refractivity contribution in [2.75, 3.05) is 37.5 Å². The van der Waals surface area contributed by atoms with Crippen molar-refractivity contribution in [3.63, 3.8) is 0 Å². The number of rotatable bonds is 6. The molecule has 0 aliphatic carbocycles. The van der Waals surface area contributed by atoms with Gasteiger partial charge in [0.25, 0.3) is 5.91 Å². The van der Waals surface area contributed by atoms with E-state index in [4.69, 9.17) is 4.74 Å². The number of nitrogens with zero attached hydrogens (tertiary/aromatic N) is 3. The molecular formula is C24H30N4O2. The Kier molecular flexibility index (Phi) is 6.15. The maximum absolute atomic E-state index is 12.0. The van der Waals surface area contributed by atoms with Crippen molar-refractivity contribution < 1.29 is 9.53 Å². The van der Waals surface area contributed by atoms with Gasteiger partial charge in [-0.05, 0) is 56.2 Å². The summed E-state index contributed by atoms with van der Waals surface area (Å²) in [6.07, 6.45) is 3.92. The number of carbonyl (C=O) groups excluding carboxylic acids is 1. The van der Waals surface area contributed by atoms with E-state index >= 15 is 0 Å². The first-order valence-electron chi connectivity index (χ1n) is 9.97. The smallest absolute Gasteiger partial charge is 0.277 e. The zero-order valence-corrected chi connectivity index (χ0v) is 18.6. The molecule has 6 heteroatoms. The number of carbonyl (C=O) groups is 1. The lowest BCUT2D eigenvalue weighted by atomic mass is 9.89. The lowest BCUT2D eigenvalue weighted by molar-refractivity contribution is -0.123. The van der Waals surface area contributed by atoms with Crippen molar-refractivity contribution in [2.45, 2.75) is 26.3 Å². The van der Waals surface area contributed by atoms with Gasteiger partial charge in [0.15, 0.2) is 6.61 Å². The molecule has 158 valence electrons. The summed E-state index contributed by atoms with van der Waals surface area (Å²) in [5.74, 6) is 0.335. The zero-order valence-electron chi connectivity index (χ0n) is 18.6. The first-order valence-corrected chi connectivity index (χ1v) is 9.97. The summed E-state index contributed by atoms with van der Waals surface area (Å²) in [6, 6.07) is 13.8. The molecule has 1 heterocycles. The van der Waals surface area contributed by atoms with Gasteiger partial charge in [-0.25, -0.2) is 5.43 Å². The molecule has 1 amide bonds. The van der Waals surface area contributed by atoms with Crippen molar-refractivity contribution in [3.8, 4) is 5.75 Å². The summed E-state index contributed by atoms with van der Waals surface area (Å²) < 4.78 is 5.56. The van der Waals surface area contributed by atoms with Crippen LogP contribution < -0.4 is 20.0 Å². The van der Waals surface area contributed by atoms with Crippen molar-refractivity contribution in [1.82, 2.24) is 5.43 Å². The number of allylic oxidation sites excluding steroid dienone is 1. The van der Waals surface area contributed by atoms with Gasteiger partial charge < -0.3 is 14.5 Å². The Morgan fingerprint density at radius 3 is 2.73 bits per heavy atom. The summed E-state index contributed by atoms with van der Waals surface area (Å²) in [4.78, 5) is 16.3. The summed E-state index contributed by atoms with van der Waals surface area (Å²) in [5.41, 5.74) is 8.04. The number of amides is 1. The highest BCUT2D eigenvalue weighted by Gasteiger charge is 2.28. The van der Waals surface area contributed by atoms with E-state index in [1.165, 1.54) is 16.8 Å². The number of nitrogens with one attached hydrogen (secondary N) is 1. The number of benzene rings is 2. The standard InChI is InChI=1S/C24H30N4O2/c1-17-14-24(2,3)28(6)22-11-10-18(12-21(17)22)15-25-26-23(29)16-30-20-9-7-8-19(13-20)27(4)5/h7-15H,16H2,1-6H3,(H,26,29)/b25-15+. The maximum atomic E-state index is 12.0. The third-order valence-corrected chi connectivity index (χ3v) is 5.35. The van der Waals surface area contributed by atoms with E-state index in [9.17, 15) is 4.79 Å². The number of anilines is 2. The number of ether oxygens (including phenoxy) is 1. The first-order chi connectivity index (χ1) is 14.2. The predicted molar refractivity (Wildman–Crippen MR) is 125 cm³/mol. The second-order valence-electron chi connectivity index (χ2n) is 8.29. The van der Waals surface area contributed by atoms with Gasteiger partial charge in [0.1, 0.15) is 5.75 Å². The summed E-state index contributed by atoms with van der Waals surface area (Å²) >= 11 is 0. The van der Waals surface area contributed by atoms with Crippen molar-refractivity contribution in [1.29, 1.82) is 0 Å². The number of hydrogen-bond donors (Lipinski definition) is 1. The highest BCUT2D eigenvalue weighted by molar-refractivity contribution is 5.88. The fraction of sp³-hybridized carbons (Fsp3) is 0.333. The molecule has 1 N–H and O–H groups in total. The van der Waals surface area contributed by atoms with E-state index in [0.717, 1.165) is 11.3 Å². The topological polar surface area (TPSA) is 57.2 Å². The van der Waals surface area contributed by atoms with Crippen LogP contribution in [0.5, 0.6) is 5.75 Å². The monoisotopic (exact) mass is 406 g/mol. The van der Waals surface area contributed by atoms with Crippen molar-refractivity contribution in [2.24, 2.45) is 5.10 Å². The normalized spacial score (nSPS) is 14.9. The molecule has 0 fully saturated rings. The minimum atomic E-state index is -0.308. The average Bonchev–Trinajstić information content (AvgIpc) is 2.70. The van der Waals surface area contributed by atoms with E-state index in [2.05, 4.69) is 61.5 Å². The molecule has 0 saturated carbocycles. The molecular weight excluding hydrogens is 376 g/mol. The molecule has 0 bridgehead atoms. The Balaban J connectivity index is 1.59. The molecule has 0 aromatic heterocycles. The molecule has 0 unspecified atom stereocenters. The van der Waals surface area contributed by atoms with Crippen LogP contribution in [0, 0.1) is 0 Å². The molecule has 30 heavy (non-hydrogen) atoms. The highest BCUT2D eigenvalue weighted by atomic mass is 16.5. The van der Waals surface area contributed by atoms with Gasteiger partial charge in [-0.2, -0.15) is 5.10 Å². The molecule has 1 aliphatic heterocycles. The Bertz CT molecular complexity index is 992. The van der Waals surface area contributed by atoms with Gasteiger partial charge in [0.05, 0.1) is 11.8 Å². The predicted octanol–water partition coefficient (Wildman–Crippen LogP) is 3.91. The summed E-state index contributed by atoms with van der Waals surface area (Å²) in [5, 5.41) is 4.08. The minimum Gasteiger partial charge on any atom is -0.484 e. The van der Waals surface area contributed by atoms with Crippen LogP contribution in [0.3, 0.4) is 0 Å². The number of hydrogen-bond acceptors (Lipinski definition) is 5. The highest BCUT2D eigenvalue weighted by Crippen LogP contribution is 2.37. The van der Waals surface area contributed by atoms with Crippen LogP contribution in [0.15, 0.2) is 53.6 Å². The van der Waals surface area contributed by atoms with Gasteiger partial charge in [-0.3, -0.25) is 4.79 Å². The van der Waals surface area contributed by atoms with Crippen LogP contribution in [0.25, 0.3) is 5.57 Å². The van der Waals surface area contributed by atoms with Crippen LogP contribution in [0.2, 0.25) is 0 Å². The lowest BCUT2D eigenvalue weighted by Gasteiger charge is -2.40. The Morgan fingerprint density at radius 1 is 1.23 bits per heavy atom. The van der Waals surface area contributed by atoms with E-state index in [-0.39, 0.29) is 18.1 Å². The lowest BCUT2D eigenvalue weighted by Crippen LogP contribution is -2.42. The quantitative estimate of drug-likeness (QED) is 0.584. The SMILES string of the molecule is CC1=CC(C)(C)N(C)c2ccc(/C=N/NC(=O)COc3cccc(N(C)C)c3)cc21. The maximum Gasteiger partial charge on any atom is 0.277 e. The number of fused-ring (bicyclic) bond motifs is 1. The Labute approximate surface area is 178 Å². The first kappa shape index (κ1) is 21.4. The molecule has 2 aromatic rings. The molecule has 0 atom stereocenters. The van der Waals surface area contributed by atoms with Crippen LogP contribution in [-0.4, -0.2) is 45.4 Å². The number of likely N-dealkylation sites (N-methyl/N-ethyl adjacent to an activating group) is 1. The molecule has 1 aliphatic rings. The second-order valence-corrected chi connectivity index (χ2v) is 8.29. The minimum absolute atomic E-state index is 0.0211. The van der Waals surface area contributed by atoms with E-state index in [1.807, 2.05) is 49.3 Å². The van der Waals surface area contributed by atoms with Gasteiger partial charge in [0.2, 0.25) is 0 Å². The van der Waals surface area contributed by atoms with E-state index in [1.54, 1.807) is 6.21 Å². The molecule has 0 saturated heterocycles. The summed E-state index contributed by atoms with van der Waals surface area (Å²) in [6.45, 7) is 6.42. The van der Waals surface area contributed by atoms with Crippen LogP contribution in [0.1, 0.15) is 31.9 Å². The largest absolute Gasteiger partial charge is 0.484 e. The third-order valence-electron chi connectivity index (χ3n) is 5.35. The fourth-order valence-corrected chi connectivity index (χ4v) is 3.47. The van der Waals surface area contributed by atoms with Crippen LogP contribution in [-0.2, 0) is 4.79 Å². The molecule has 0 spiro atoms.